The number of halogens is 1. The zero-order chi connectivity index (χ0) is 17.5. The first-order valence-corrected chi connectivity index (χ1v) is 6.80. The summed E-state index contributed by atoms with van der Waals surface area (Å²) in [7, 11) is 1.36. The molecule has 0 saturated carbocycles. The lowest BCUT2D eigenvalue weighted by molar-refractivity contribution is -0.126. The molecule has 0 aliphatic carbocycles. The largest absolute Gasteiger partial charge is 0.504 e. The van der Waals surface area contributed by atoms with Crippen LogP contribution in [0.15, 0.2) is 43.1 Å². The van der Waals surface area contributed by atoms with Crippen LogP contribution in [-0.2, 0) is 14.3 Å². The maximum absolute atomic E-state index is 13.7. The third kappa shape index (κ3) is 4.13. The number of amides is 2. The van der Waals surface area contributed by atoms with Crippen LogP contribution in [0, 0.1) is 5.82 Å². The number of imide groups is 1. The Labute approximate surface area is 137 Å². The lowest BCUT2D eigenvalue weighted by Gasteiger charge is -2.12. The number of benzene rings is 1. The Bertz CT molecular complexity index is 792. The van der Waals surface area contributed by atoms with Gasteiger partial charge in [0.05, 0.1) is 25.1 Å². The normalized spacial score (nSPS) is 10.9. The second-order valence-electron chi connectivity index (χ2n) is 4.55. The second-order valence-corrected chi connectivity index (χ2v) is 4.55. The van der Waals surface area contributed by atoms with Gasteiger partial charge in [-0.2, -0.15) is 9.37 Å². The highest BCUT2D eigenvalue weighted by Gasteiger charge is 2.19. The molecule has 2 rings (SSSR count). The van der Waals surface area contributed by atoms with Crippen molar-refractivity contribution in [1.82, 2.24) is 15.3 Å². The van der Waals surface area contributed by atoms with Crippen molar-refractivity contribution in [3.63, 3.8) is 0 Å². The van der Waals surface area contributed by atoms with Gasteiger partial charge in [-0.1, -0.05) is 18.2 Å². The molecule has 0 atom stereocenters. The van der Waals surface area contributed by atoms with Gasteiger partial charge in [0.25, 0.3) is 11.8 Å². The molecule has 0 spiro atoms. The number of hydrogen-bond acceptors (Lipinski definition) is 6. The van der Waals surface area contributed by atoms with Crippen molar-refractivity contribution < 1.29 is 23.5 Å². The van der Waals surface area contributed by atoms with E-state index in [1.165, 1.54) is 20.1 Å². The number of para-hydroxylation sites is 1. The number of ether oxygens (including phenoxy) is 2. The minimum absolute atomic E-state index is 0.0396. The number of nitrogens with one attached hydrogen (secondary N) is 1. The predicted molar refractivity (Wildman–Crippen MR) is 82.3 cm³/mol. The van der Waals surface area contributed by atoms with Gasteiger partial charge in [0.1, 0.15) is 12.1 Å². The first kappa shape index (κ1) is 17.1. The van der Waals surface area contributed by atoms with Crippen LogP contribution in [0.4, 0.5) is 4.39 Å². The summed E-state index contributed by atoms with van der Waals surface area (Å²) in [6.07, 6.45) is 3.26. The first-order chi connectivity index (χ1) is 11.5. The number of carbonyl (C=O) groups is 2. The molecule has 124 valence electrons. The number of carbonyl (C=O) groups excluding carboxylic acids is 2. The quantitative estimate of drug-likeness (QED) is 0.666. The van der Waals surface area contributed by atoms with Gasteiger partial charge in [0.2, 0.25) is 11.7 Å². The molecule has 24 heavy (non-hydrogen) atoms. The van der Waals surface area contributed by atoms with Gasteiger partial charge in [-0.15, -0.1) is 0 Å². The summed E-state index contributed by atoms with van der Waals surface area (Å²) in [5.41, 5.74) is 0.342. The molecule has 0 radical (unpaired) electrons. The number of nitrogens with zero attached hydrogens (tertiary/aromatic N) is 2. The van der Waals surface area contributed by atoms with E-state index in [1.54, 1.807) is 18.2 Å². The molecule has 0 fully saturated rings. The standard InChI is InChI=1S/C16H14FN3O4/c1-10(21)20-15(22)12(8-23-2)11-5-3-4-6-14(11)24-16-13(17)7-18-9-19-16/h3-9H,1-2H3,(H,20,21,22)/b12-8+. The lowest BCUT2D eigenvalue weighted by Crippen LogP contribution is -2.29. The third-order valence-corrected chi connectivity index (χ3v) is 2.79. The van der Waals surface area contributed by atoms with E-state index >= 15 is 0 Å². The van der Waals surface area contributed by atoms with Crippen LogP contribution in [0.1, 0.15) is 12.5 Å². The fourth-order valence-corrected chi connectivity index (χ4v) is 1.84. The molecule has 0 saturated heterocycles. The Morgan fingerprint density at radius 2 is 2.04 bits per heavy atom. The van der Waals surface area contributed by atoms with Crippen molar-refractivity contribution in [2.45, 2.75) is 6.92 Å². The maximum atomic E-state index is 13.7. The molecule has 2 aromatic rings. The minimum atomic E-state index is -0.752. The summed E-state index contributed by atoms with van der Waals surface area (Å²) in [6.45, 7) is 1.21. The van der Waals surface area contributed by atoms with Gasteiger partial charge in [-0.3, -0.25) is 14.9 Å². The predicted octanol–water partition coefficient (Wildman–Crippen LogP) is 2.06. The van der Waals surface area contributed by atoms with Crippen LogP contribution in [-0.4, -0.2) is 28.9 Å². The molecule has 0 bridgehead atoms. The molecule has 1 heterocycles. The van der Waals surface area contributed by atoms with Crippen molar-refractivity contribution in [3.05, 3.63) is 54.4 Å². The van der Waals surface area contributed by atoms with Gasteiger partial charge < -0.3 is 9.47 Å². The second kappa shape index (κ2) is 7.82. The number of hydrogen-bond donors (Lipinski definition) is 1. The van der Waals surface area contributed by atoms with Crippen molar-refractivity contribution in [3.8, 4) is 11.6 Å². The maximum Gasteiger partial charge on any atom is 0.261 e. The molecule has 0 aliphatic rings. The molecular formula is C16H14FN3O4. The van der Waals surface area contributed by atoms with Gasteiger partial charge in [-0.05, 0) is 6.07 Å². The van der Waals surface area contributed by atoms with Crippen molar-refractivity contribution in [2.75, 3.05) is 7.11 Å². The molecule has 1 N–H and O–H groups in total. The average Bonchev–Trinajstić information content (AvgIpc) is 2.55. The van der Waals surface area contributed by atoms with Crippen molar-refractivity contribution in [1.29, 1.82) is 0 Å². The highest BCUT2D eigenvalue weighted by atomic mass is 19.1. The topological polar surface area (TPSA) is 90.4 Å². The Morgan fingerprint density at radius 3 is 2.71 bits per heavy atom. The summed E-state index contributed by atoms with van der Waals surface area (Å²) in [6, 6.07) is 6.40. The summed E-state index contributed by atoms with van der Waals surface area (Å²) in [5.74, 6) is -2.08. The highest BCUT2D eigenvalue weighted by molar-refractivity contribution is 6.23. The summed E-state index contributed by atoms with van der Waals surface area (Å²) < 4.78 is 24.0. The molecule has 8 heteroatoms. The third-order valence-electron chi connectivity index (χ3n) is 2.79. The molecule has 7 nitrogen and oxygen atoms in total. The summed E-state index contributed by atoms with van der Waals surface area (Å²) in [5, 5.41) is 2.15. The molecule has 1 aromatic carbocycles. The number of rotatable bonds is 5. The summed E-state index contributed by atoms with van der Waals surface area (Å²) >= 11 is 0. The van der Waals surface area contributed by atoms with E-state index < -0.39 is 17.6 Å². The Kier molecular flexibility index (Phi) is 5.56. The zero-order valence-corrected chi connectivity index (χ0v) is 12.9. The Morgan fingerprint density at radius 1 is 1.29 bits per heavy atom. The van der Waals surface area contributed by atoms with Gasteiger partial charge in [0, 0.05) is 12.5 Å². The van der Waals surface area contributed by atoms with E-state index in [9.17, 15) is 14.0 Å². The molecule has 2 amide bonds. The van der Waals surface area contributed by atoms with E-state index in [2.05, 4.69) is 15.3 Å². The van der Waals surface area contributed by atoms with E-state index in [4.69, 9.17) is 9.47 Å². The lowest BCUT2D eigenvalue weighted by atomic mass is 10.1. The minimum Gasteiger partial charge on any atom is -0.504 e. The van der Waals surface area contributed by atoms with Crippen LogP contribution in [0.5, 0.6) is 11.6 Å². The Hall–Kier alpha value is -3.29. The van der Waals surface area contributed by atoms with Crippen LogP contribution in [0.2, 0.25) is 0 Å². The van der Waals surface area contributed by atoms with Crippen LogP contribution >= 0.6 is 0 Å². The van der Waals surface area contributed by atoms with Gasteiger partial charge in [-0.25, -0.2) is 4.98 Å². The zero-order valence-electron chi connectivity index (χ0n) is 12.9. The monoisotopic (exact) mass is 331 g/mol. The van der Waals surface area contributed by atoms with Gasteiger partial charge in [0.15, 0.2) is 0 Å². The summed E-state index contributed by atoms with van der Waals surface area (Å²) in [4.78, 5) is 30.5. The fraction of sp³-hybridized carbons (Fsp3) is 0.125. The SMILES string of the molecule is CO/C=C(/C(=O)NC(C)=O)c1ccccc1Oc1ncncc1F. The van der Waals surface area contributed by atoms with E-state index in [1.807, 2.05) is 0 Å². The van der Waals surface area contributed by atoms with E-state index in [0.717, 1.165) is 18.8 Å². The highest BCUT2D eigenvalue weighted by Crippen LogP contribution is 2.30. The van der Waals surface area contributed by atoms with E-state index in [-0.39, 0.29) is 17.2 Å². The van der Waals surface area contributed by atoms with Crippen molar-refractivity contribution >= 4 is 17.4 Å². The Balaban J connectivity index is 2.42. The fourth-order valence-electron chi connectivity index (χ4n) is 1.84. The average molecular weight is 331 g/mol. The van der Waals surface area contributed by atoms with Gasteiger partial charge >= 0.3 is 0 Å². The van der Waals surface area contributed by atoms with Crippen LogP contribution in [0.25, 0.3) is 5.57 Å². The molecule has 1 aromatic heterocycles. The smallest absolute Gasteiger partial charge is 0.261 e. The van der Waals surface area contributed by atoms with Crippen LogP contribution in [0.3, 0.4) is 0 Å². The number of methoxy groups -OCH3 is 1. The van der Waals surface area contributed by atoms with E-state index in [0.29, 0.717) is 5.56 Å². The molecule has 0 unspecified atom stereocenters. The first-order valence-electron chi connectivity index (χ1n) is 6.80. The number of aromatic nitrogens is 2. The molecular weight excluding hydrogens is 317 g/mol. The molecule has 0 aliphatic heterocycles. The van der Waals surface area contributed by atoms with Crippen molar-refractivity contribution in [2.24, 2.45) is 0 Å². The van der Waals surface area contributed by atoms with Crippen LogP contribution < -0.4 is 10.1 Å².